The van der Waals surface area contributed by atoms with Crippen molar-refractivity contribution in [1.82, 2.24) is 15.3 Å². The van der Waals surface area contributed by atoms with Crippen molar-refractivity contribution in [3.63, 3.8) is 0 Å². The summed E-state index contributed by atoms with van der Waals surface area (Å²) in [6, 6.07) is 7.80. The lowest BCUT2D eigenvalue weighted by Crippen LogP contribution is -2.32. The van der Waals surface area contributed by atoms with Crippen molar-refractivity contribution in [1.29, 1.82) is 0 Å². The maximum atomic E-state index is 12.1. The number of hydrogen-bond donors (Lipinski definition) is 3. The largest absolute Gasteiger partial charge is 0.356 e. The van der Waals surface area contributed by atoms with E-state index in [1.54, 1.807) is 12.4 Å². The second-order valence-corrected chi connectivity index (χ2v) is 5.72. The molecule has 1 atom stereocenters. The Morgan fingerprint density at radius 1 is 1.35 bits per heavy atom. The summed E-state index contributed by atoms with van der Waals surface area (Å²) in [4.78, 5) is 31.1. The molecule has 0 spiro atoms. The molecular weight excluding hydrogens is 292 g/mol. The first-order valence-electron chi connectivity index (χ1n) is 7.86. The molecule has 120 valence electrons. The van der Waals surface area contributed by atoms with Crippen LogP contribution in [0, 0.1) is 5.92 Å². The predicted octanol–water partition coefficient (Wildman–Crippen LogP) is 1.66. The van der Waals surface area contributed by atoms with Crippen molar-refractivity contribution < 1.29 is 9.59 Å². The molecule has 1 aliphatic heterocycles. The summed E-state index contributed by atoms with van der Waals surface area (Å²) < 4.78 is 0. The third-order valence-electron chi connectivity index (χ3n) is 4.07. The predicted molar refractivity (Wildman–Crippen MR) is 86.8 cm³/mol. The number of carbonyl (C=O) groups is 2. The highest BCUT2D eigenvalue weighted by atomic mass is 16.2. The van der Waals surface area contributed by atoms with E-state index >= 15 is 0 Å². The molecule has 0 saturated heterocycles. The van der Waals surface area contributed by atoms with Crippen LogP contribution in [-0.2, 0) is 22.4 Å². The fourth-order valence-corrected chi connectivity index (χ4v) is 2.80. The topological polar surface area (TPSA) is 86.9 Å². The van der Waals surface area contributed by atoms with Gasteiger partial charge in [-0.1, -0.05) is 18.2 Å². The zero-order valence-corrected chi connectivity index (χ0v) is 12.8. The van der Waals surface area contributed by atoms with E-state index in [0.29, 0.717) is 32.2 Å². The van der Waals surface area contributed by atoms with Crippen molar-refractivity contribution >= 4 is 17.5 Å². The number of aromatic amines is 1. The Balaban J connectivity index is 1.43. The van der Waals surface area contributed by atoms with Crippen LogP contribution in [0.3, 0.4) is 0 Å². The summed E-state index contributed by atoms with van der Waals surface area (Å²) in [5, 5.41) is 5.78. The molecule has 6 nitrogen and oxygen atoms in total. The molecule has 2 aromatic rings. The highest BCUT2D eigenvalue weighted by molar-refractivity contribution is 5.96. The number of benzene rings is 1. The van der Waals surface area contributed by atoms with E-state index in [9.17, 15) is 9.59 Å². The molecular formula is C17H20N4O2. The first kappa shape index (κ1) is 15.3. The molecule has 23 heavy (non-hydrogen) atoms. The summed E-state index contributed by atoms with van der Waals surface area (Å²) in [5.41, 5.74) is 2.02. The Kier molecular flexibility index (Phi) is 4.71. The van der Waals surface area contributed by atoms with Gasteiger partial charge >= 0.3 is 0 Å². The zero-order valence-electron chi connectivity index (χ0n) is 12.8. The Hall–Kier alpha value is -2.63. The highest BCUT2D eigenvalue weighted by Gasteiger charge is 2.26. The number of fused-ring (bicyclic) bond motifs is 1. The smallest absolute Gasteiger partial charge is 0.227 e. The van der Waals surface area contributed by atoms with E-state index in [4.69, 9.17) is 0 Å². The van der Waals surface area contributed by atoms with Gasteiger partial charge in [-0.3, -0.25) is 9.59 Å². The molecule has 6 heteroatoms. The Morgan fingerprint density at radius 3 is 3.04 bits per heavy atom. The summed E-state index contributed by atoms with van der Waals surface area (Å²) in [6.45, 7) is 0.548. The molecule has 1 aromatic carbocycles. The van der Waals surface area contributed by atoms with Crippen LogP contribution in [0.25, 0.3) is 0 Å². The van der Waals surface area contributed by atoms with Crippen molar-refractivity contribution in [2.75, 3.05) is 11.9 Å². The van der Waals surface area contributed by atoms with E-state index in [1.807, 2.05) is 24.3 Å². The average molecular weight is 312 g/mol. The minimum absolute atomic E-state index is 0.00656. The lowest BCUT2D eigenvalue weighted by Gasteiger charge is -2.24. The van der Waals surface area contributed by atoms with E-state index in [0.717, 1.165) is 17.1 Å². The average Bonchev–Trinajstić information content (AvgIpc) is 3.06. The van der Waals surface area contributed by atoms with Crippen molar-refractivity contribution in [2.45, 2.75) is 25.7 Å². The summed E-state index contributed by atoms with van der Waals surface area (Å²) in [7, 11) is 0. The number of amides is 2. The number of imidazole rings is 1. The van der Waals surface area contributed by atoms with Gasteiger partial charge in [-0.15, -0.1) is 0 Å². The fourth-order valence-electron chi connectivity index (χ4n) is 2.80. The van der Waals surface area contributed by atoms with Gasteiger partial charge in [0.05, 0.1) is 0 Å². The first-order chi connectivity index (χ1) is 11.2. The van der Waals surface area contributed by atoms with E-state index in [-0.39, 0.29) is 17.7 Å². The molecule has 2 amide bonds. The van der Waals surface area contributed by atoms with Crippen LogP contribution < -0.4 is 10.6 Å². The molecule has 0 aliphatic carbocycles. The number of aromatic nitrogens is 2. The SMILES string of the molecule is O=C(CCC1Cc2ccccc2NC1=O)NCCc1ncc[nH]1. The molecule has 0 bridgehead atoms. The lowest BCUT2D eigenvalue weighted by molar-refractivity contribution is -0.122. The van der Waals surface area contributed by atoms with Gasteiger partial charge in [-0.2, -0.15) is 0 Å². The number of carbonyl (C=O) groups excluding carboxylic acids is 2. The van der Waals surface area contributed by atoms with Crippen molar-refractivity contribution in [3.8, 4) is 0 Å². The second-order valence-electron chi connectivity index (χ2n) is 5.72. The molecule has 0 radical (unpaired) electrons. The quantitative estimate of drug-likeness (QED) is 0.758. The van der Waals surface area contributed by atoms with E-state index in [1.165, 1.54) is 0 Å². The van der Waals surface area contributed by atoms with Crippen LogP contribution in [0.5, 0.6) is 0 Å². The summed E-state index contributed by atoms with van der Waals surface area (Å²) >= 11 is 0. The van der Waals surface area contributed by atoms with Crippen LogP contribution in [0.15, 0.2) is 36.7 Å². The first-order valence-corrected chi connectivity index (χ1v) is 7.86. The maximum Gasteiger partial charge on any atom is 0.227 e. The minimum Gasteiger partial charge on any atom is -0.356 e. The molecule has 0 fully saturated rings. The van der Waals surface area contributed by atoms with Gasteiger partial charge in [0.25, 0.3) is 0 Å². The highest BCUT2D eigenvalue weighted by Crippen LogP contribution is 2.27. The normalized spacial score (nSPS) is 16.5. The number of para-hydroxylation sites is 1. The fraction of sp³-hybridized carbons (Fsp3) is 0.353. The van der Waals surface area contributed by atoms with Crippen molar-refractivity contribution in [2.24, 2.45) is 5.92 Å². The summed E-state index contributed by atoms with van der Waals surface area (Å²) in [6.07, 6.45) is 5.75. The maximum absolute atomic E-state index is 12.1. The van der Waals surface area contributed by atoms with Gasteiger partial charge < -0.3 is 15.6 Å². The number of rotatable bonds is 6. The van der Waals surface area contributed by atoms with Gasteiger partial charge in [0, 0.05) is 43.4 Å². The molecule has 1 aromatic heterocycles. The lowest BCUT2D eigenvalue weighted by atomic mass is 9.89. The van der Waals surface area contributed by atoms with E-state index in [2.05, 4.69) is 20.6 Å². The van der Waals surface area contributed by atoms with Crippen LogP contribution in [0.4, 0.5) is 5.69 Å². The Labute approximate surface area is 134 Å². The zero-order chi connectivity index (χ0) is 16.1. The molecule has 2 heterocycles. The van der Waals surface area contributed by atoms with Crippen LogP contribution >= 0.6 is 0 Å². The summed E-state index contributed by atoms with van der Waals surface area (Å²) in [5.74, 6) is 0.699. The second kappa shape index (κ2) is 7.09. The molecule has 3 rings (SSSR count). The Bertz CT molecular complexity index is 682. The number of nitrogens with one attached hydrogen (secondary N) is 3. The van der Waals surface area contributed by atoms with Crippen LogP contribution in [0.2, 0.25) is 0 Å². The third-order valence-corrected chi connectivity index (χ3v) is 4.07. The third kappa shape index (κ3) is 3.97. The molecule has 1 unspecified atom stereocenters. The number of anilines is 1. The molecule has 0 saturated carbocycles. The van der Waals surface area contributed by atoms with E-state index < -0.39 is 0 Å². The van der Waals surface area contributed by atoms with Crippen LogP contribution in [0.1, 0.15) is 24.2 Å². The molecule has 3 N–H and O–H groups in total. The van der Waals surface area contributed by atoms with Gasteiger partial charge in [0.15, 0.2) is 0 Å². The van der Waals surface area contributed by atoms with Crippen LogP contribution in [-0.4, -0.2) is 28.3 Å². The van der Waals surface area contributed by atoms with Gasteiger partial charge in [0.2, 0.25) is 11.8 Å². The number of H-pyrrole nitrogens is 1. The standard InChI is InChI=1S/C17H20N4O2/c22-16(20-8-7-15-18-9-10-19-15)6-5-13-11-12-3-1-2-4-14(12)21-17(13)23/h1-4,9-10,13H,5-8,11H2,(H,18,19)(H,20,22)(H,21,23). The number of hydrogen-bond acceptors (Lipinski definition) is 3. The minimum atomic E-state index is -0.138. The van der Waals surface area contributed by atoms with Gasteiger partial charge in [-0.25, -0.2) is 4.98 Å². The monoisotopic (exact) mass is 312 g/mol. The molecule has 1 aliphatic rings. The van der Waals surface area contributed by atoms with Crippen molar-refractivity contribution in [3.05, 3.63) is 48.0 Å². The number of nitrogens with zero attached hydrogens (tertiary/aromatic N) is 1. The Morgan fingerprint density at radius 2 is 2.22 bits per heavy atom. The van der Waals surface area contributed by atoms with Gasteiger partial charge in [-0.05, 0) is 24.5 Å². The van der Waals surface area contributed by atoms with Gasteiger partial charge in [0.1, 0.15) is 5.82 Å².